The molecular formula is C17H27N5O3. The van der Waals surface area contributed by atoms with Crippen molar-refractivity contribution in [1.29, 1.82) is 0 Å². The molecule has 0 saturated carbocycles. The van der Waals surface area contributed by atoms with Gasteiger partial charge in [0.1, 0.15) is 5.82 Å². The minimum absolute atomic E-state index is 0.155. The molecule has 2 heterocycles. The number of morpholine rings is 1. The van der Waals surface area contributed by atoms with Gasteiger partial charge in [-0.1, -0.05) is 0 Å². The van der Waals surface area contributed by atoms with Crippen molar-refractivity contribution in [3.8, 4) is 0 Å². The lowest BCUT2D eigenvalue weighted by Gasteiger charge is -2.36. The fourth-order valence-electron chi connectivity index (χ4n) is 2.58. The fraction of sp³-hybridized carbons (Fsp3) is 0.588. The summed E-state index contributed by atoms with van der Waals surface area (Å²) in [6.45, 7) is 9.16. The van der Waals surface area contributed by atoms with E-state index >= 15 is 0 Å². The number of amides is 3. The Morgan fingerprint density at radius 3 is 2.48 bits per heavy atom. The summed E-state index contributed by atoms with van der Waals surface area (Å²) in [5.41, 5.74) is 5.06. The van der Waals surface area contributed by atoms with Crippen LogP contribution in [-0.2, 0) is 9.53 Å². The molecule has 25 heavy (non-hydrogen) atoms. The molecule has 1 aromatic rings. The molecule has 8 nitrogen and oxygen atoms in total. The summed E-state index contributed by atoms with van der Waals surface area (Å²) in [6.07, 6.45) is 1.92. The largest absolute Gasteiger partial charge is 0.372 e. The van der Waals surface area contributed by atoms with Gasteiger partial charge in [-0.05, 0) is 39.8 Å². The second kappa shape index (κ2) is 7.69. The van der Waals surface area contributed by atoms with E-state index in [1.165, 1.54) is 0 Å². The fourth-order valence-corrected chi connectivity index (χ4v) is 2.58. The highest BCUT2D eigenvalue weighted by atomic mass is 16.5. The lowest BCUT2D eigenvalue weighted by atomic mass is 9.93. The van der Waals surface area contributed by atoms with Crippen LogP contribution in [0.1, 0.15) is 27.7 Å². The second-order valence-electron chi connectivity index (χ2n) is 7.12. The van der Waals surface area contributed by atoms with Crippen LogP contribution in [0.3, 0.4) is 0 Å². The van der Waals surface area contributed by atoms with Crippen LogP contribution in [0.25, 0.3) is 0 Å². The molecule has 1 aliphatic rings. The van der Waals surface area contributed by atoms with Crippen LogP contribution in [0.2, 0.25) is 0 Å². The van der Waals surface area contributed by atoms with Crippen molar-refractivity contribution in [3.63, 3.8) is 0 Å². The smallest absolute Gasteiger partial charge is 0.319 e. The normalized spacial score (nSPS) is 20.9. The Kier molecular flexibility index (Phi) is 5.84. The van der Waals surface area contributed by atoms with E-state index in [2.05, 4.69) is 20.5 Å². The maximum absolute atomic E-state index is 11.9. The number of nitrogens with zero attached hydrogens (tertiary/aromatic N) is 2. The van der Waals surface area contributed by atoms with Gasteiger partial charge in [-0.3, -0.25) is 4.79 Å². The zero-order chi connectivity index (χ0) is 18.6. The minimum atomic E-state index is -0.802. The summed E-state index contributed by atoms with van der Waals surface area (Å²) in [4.78, 5) is 29.8. The van der Waals surface area contributed by atoms with E-state index in [0.717, 1.165) is 18.9 Å². The van der Waals surface area contributed by atoms with Crippen LogP contribution in [0.5, 0.6) is 0 Å². The summed E-state index contributed by atoms with van der Waals surface area (Å²) in [5, 5.41) is 5.33. The third-order valence-electron chi connectivity index (χ3n) is 4.11. The molecule has 0 unspecified atom stereocenters. The quantitative estimate of drug-likeness (QED) is 0.743. The van der Waals surface area contributed by atoms with Gasteiger partial charge in [-0.15, -0.1) is 0 Å². The van der Waals surface area contributed by atoms with E-state index in [0.29, 0.717) is 5.69 Å². The number of hydrogen-bond donors (Lipinski definition) is 3. The van der Waals surface area contributed by atoms with Crippen LogP contribution in [0.4, 0.5) is 16.3 Å². The van der Waals surface area contributed by atoms with Gasteiger partial charge in [0.25, 0.3) is 0 Å². The molecule has 0 radical (unpaired) electrons. The highest BCUT2D eigenvalue weighted by Gasteiger charge is 2.25. The number of hydrogen-bond acceptors (Lipinski definition) is 5. The maximum atomic E-state index is 11.9. The number of carbonyl (C=O) groups is 2. The van der Waals surface area contributed by atoms with Crippen LogP contribution >= 0.6 is 0 Å². The molecule has 3 amide bonds. The molecule has 1 aromatic heterocycles. The molecule has 0 spiro atoms. The van der Waals surface area contributed by atoms with E-state index in [4.69, 9.17) is 10.5 Å². The van der Waals surface area contributed by atoms with Gasteiger partial charge in [0, 0.05) is 19.6 Å². The number of anilines is 2. The number of nitrogens with one attached hydrogen (secondary N) is 2. The number of primary amides is 1. The number of rotatable bonds is 5. The number of urea groups is 1. The Labute approximate surface area is 148 Å². The van der Waals surface area contributed by atoms with Crippen molar-refractivity contribution in [1.82, 2.24) is 10.3 Å². The van der Waals surface area contributed by atoms with Crippen molar-refractivity contribution >= 4 is 23.4 Å². The SMILES string of the molecule is C[C@H]1CN(c2ccc(NC(=O)NCC(C)(C)C(N)=O)cn2)C[C@H](C)O1. The van der Waals surface area contributed by atoms with E-state index in [-0.39, 0.29) is 18.8 Å². The molecule has 1 aliphatic heterocycles. The van der Waals surface area contributed by atoms with E-state index in [1.54, 1.807) is 26.1 Å². The highest BCUT2D eigenvalue weighted by Crippen LogP contribution is 2.19. The van der Waals surface area contributed by atoms with Crippen molar-refractivity contribution in [2.45, 2.75) is 39.9 Å². The average Bonchev–Trinajstić information content (AvgIpc) is 2.52. The lowest BCUT2D eigenvalue weighted by molar-refractivity contribution is -0.125. The van der Waals surface area contributed by atoms with Crippen molar-refractivity contribution in [2.75, 3.05) is 29.9 Å². The standard InChI is InChI=1S/C17H27N5O3/c1-11-8-22(9-12(2)25-11)14-6-5-13(7-19-14)21-16(24)20-10-17(3,4)15(18)23/h5-7,11-12H,8-10H2,1-4H3,(H2,18,23)(H2,20,21,24)/t11-,12-/m0/s1. The molecule has 0 aliphatic carbocycles. The molecule has 0 bridgehead atoms. The van der Waals surface area contributed by atoms with Gasteiger partial charge in [0.05, 0.1) is 29.5 Å². The molecule has 4 N–H and O–H groups in total. The van der Waals surface area contributed by atoms with Gasteiger partial charge in [-0.25, -0.2) is 9.78 Å². The first-order valence-electron chi connectivity index (χ1n) is 8.38. The molecule has 138 valence electrons. The Morgan fingerprint density at radius 2 is 1.96 bits per heavy atom. The topological polar surface area (TPSA) is 110 Å². The zero-order valence-electron chi connectivity index (χ0n) is 15.2. The molecule has 8 heteroatoms. The van der Waals surface area contributed by atoms with Crippen molar-refractivity contribution < 1.29 is 14.3 Å². The number of ether oxygens (including phenoxy) is 1. The summed E-state index contributed by atoms with van der Waals surface area (Å²) < 4.78 is 5.72. The van der Waals surface area contributed by atoms with Gasteiger partial charge in [0.15, 0.2) is 0 Å². The van der Waals surface area contributed by atoms with Crippen LogP contribution in [-0.4, -0.2) is 48.8 Å². The Hall–Kier alpha value is -2.35. The van der Waals surface area contributed by atoms with E-state index in [1.807, 2.05) is 19.9 Å². The van der Waals surface area contributed by atoms with Gasteiger partial charge < -0.3 is 26.0 Å². The van der Waals surface area contributed by atoms with Crippen LogP contribution < -0.4 is 21.3 Å². The number of aromatic nitrogens is 1. The third-order valence-corrected chi connectivity index (χ3v) is 4.11. The monoisotopic (exact) mass is 349 g/mol. The van der Waals surface area contributed by atoms with E-state index in [9.17, 15) is 9.59 Å². The summed E-state index contributed by atoms with van der Waals surface area (Å²) in [6, 6.07) is 3.26. The summed E-state index contributed by atoms with van der Waals surface area (Å²) in [7, 11) is 0. The highest BCUT2D eigenvalue weighted by molar-refractivity contribution is 5.90. The zero-order valence-corrected chi connectivity index (χ0v) is 15.2. The predicted octanol–water partition coefficient (Wildman–Crippen LogP) is 1.33. The molecule has 1 saturated heterocycles. The predicted molar refractivity (Wildman–Crippen MR) is 96.5 cm³/mol. The Bertz CT molecular complexity index is 607. The summed E-state index contributed by atoms with van der Waals surface area (Å²) >= 11 is 0. The first kappa shape index (κ1) is 19.0. The first-order chi connectivity index (χ1) is 11.7. The molecule has 1 fully saturated rings. The summed E-state index contributed by atoms with van der Waals surface area (Å²) in [5.74, 6) is 0.385. The van der Waals surface area contributed by atoms with Gasteiger partial charge in [0.2, 0.25) is 5.91 Å². The third kappa shape index (κ3) is 5.32. The molecular weight excluding hydrogens is 322 g/mol. The number of pyridine rings is 1. The maximum Gasteiger partial charge on any atom is 0.319 e. The van der Waals surface area contributed by atoms with Gasteiger partial charge in [-0.2, -0.15) is 0 Å². The number of nitrogens with two attached hydrogens (primary N) is 1. The van der Waals surface area contributed by atoms with Gasteiger partial charge >= 0.3 is 6.03 Å². The average molecular weight is 349 g/mol. The van der Waals surface area contributed by atoms with Crippen LogP contribution in [0.15, 0.2) is 18.3 Å². The molecule has 2 rings (SSSR count). The molecule has 2 atom stereocenters. The van der Waals surface area contributed by atoms with Crippen molar-refractivity contribution in [2.24, 2.45) is 11.1 Å². The second-order valence-corrected chi connectivity index (χ2v) is 7.12. The first-order valence-corrected chi connectivity index (χ1v) is 8.38. The van der Waals surface area contributed by atoms with Crippen molar-refractivity contribution in [3.05, 3.63) is 18.3 Å². The minimum Gasteiger partial charge on any atom is -0.372 e. The Balaban J connectivity index is 1.89. The lowest BCUT2D eigenvalue weighted by Crippen LogP contribution is -2.45. The van der Waals surface area contributed by atoms with Crippen LogP contribution in [0, 0.1) is 5.41 Å². The number of carbonyl (C=O) groups excluding carboxylic acids is 2. The Morgan fingerprint density at radius 1 is 1.32 bits per heavy atom. The molecule has 0 aromatic carbocycles. The van der Waals surface area contributed by atoms with E-state index < -0.39 is 17.4 Å².